The number of amides is 1. The molecule has 1 unspecified atom stereocenters. The number of nitriles is 1. The third-order valence-corrected chi connectivity index (χ3v) is 7.75. The molecule has 0 aliphatic rings. The molecule has 180 valence electrons. The Balaban J connectivity index is 1.42. The van der Waals surface area contributed by atoms with Gasteiger partial charge < -0.3 is 16.0 Å². The Labute approximate surface area is 224 Å². The molecule has 1 atom stereocenters. The van der Waals surface area contributed by atoms with Gasteiger partial charge in [0, 0.05) is 27.2 Å². The Morgan fingerprint density at radius 1 is 0.972 bits per heavy atom. The lowest BCUT2D eigenvalue weighted by atomic mass is 10.1. The molecule has 0 saturated heterocycles. The van der Waals surface area contributed by atoms with Crippen molar-refractivity contribution in [2.24, 2.45) is 0 Å². The predicted octanol–water partition coefficient (Wildman–Crippen LogP) is 7.61. The van der Waals surface area contributed by atoms with Crippen molar-refractivity contribution < 1.29 is 4.79 Å². The molecule has 0 aliphatic carbocycles. The zero-order valence-electron chi connectivity index (χ0n) is 19.5. The number of hydrogen-bond donors (Lipinski definition) is 3. The molecule has 1 amide bonds. The minimum atomic E-state index is -0.316. The maximum atomic E-state index is 13.1. The highest BCUT2D eigenvalue weighted by Gasteiger charge is 2.22. The zero-order valence-corrected chi connectivity index (χ0v) is 22.0. The van der Waals surface area contributed by atoms with E-state index in [9.17, 15) is 10.1 Å². The van der Waals surface area contributed by atoms with E-state index < -0.39 is 0 Å². The minimum absolute atomic E-state index is 0.125. The van der Waals surface area contributed by atoms with E-state index in [0.717, 1.165) is 27.4 Å². The van der Waals surface area contributed by atoms with Crippen LogP contribution in [0.3, 0.4) is 0 Å². The summed E-state index contributed by atoms with van der Waals surface area (Å²) in [5.41, 5.74) is 4.02. The van der Waals surface area contributed by atoms with E-state index in [1.54, 1.807) is 0 Å². The lowest BCUT2D eigenvalue weighted by molar-refractivity contribution is -0.115. The van der Waals surface area contributed by atoms with Gasteiger partial charge >= 0.3 is 0 Å². The van der Waals surface area contributed by atoms with Crippen LogP contribution in [-0.2, 0) is 4.79 Å². The fourth-order valence-electron chi connectivity index (χ4n) is 3.53. The first-order valence-electron chi connectivity index (χ1n) is 11.3. The van der Waals surface area contributed by atoms with Crippen LogP contribution in [0.5, 0.6) is 0 Å². The summed E-state index contributed by atoms with van der Waals surface area (Å²) in [4.78, 5) is 14.1. The van der Waals surface area contributed by atoms with Gasteiger partial charge in [0.2, 0.25) is 5.91 Å². The van der Waals surface area contributed by atoms with Crippen molar-refractivity contribution in [3.05, 3.63) is 95.9 Å². The first-order valence-corrected chi connectivity index (χ1v) is 13.5. The third-order valence-electron chi connectivity index (χ3n) is 5.29. The van der Waals surface area contributed by atoms with E-state index in [-0.39, 0.29) is 11.2 Å². The van der Waals surface area contributed by atoms with Crippen molar-refractivity contribution in [3.63, 3.8) is 0 Å². The fraction of sp³-hybridized carbons (Fsp3) is 0.107. The fourth-order valence-corrected chi connectivity index (χ4v) is 5.70. The SMILES string of the molecule is CCC(Sc1cccc(NC(=S)Nc2ccccc2)c1)C(=O)Nc1scc(-c2ccccc2)c1C#N. The summed E-state index contributed by atoms with van der Waals surface area (Å²) in [7, 11) is 0. The number of thiocarbonyl (C=S) groups is 1. The Bertz CT molecular complexity index is 1380. The van der Waals surface area contributed by atoms with Crippen LogP contribution in [0.15, 0.2) is 95.2 Å². The number of hydrogen-bond acceptors (Lipinski definition) is 5. The van der Waals surface area contributed by atoms with Gasteiger partial charge in [-0.3, -0.25) is 4.79 Å². The normalized spacial score (nSPS) is 11.2. The van der Waals surface area contributed by atoms with Gasteiger partial charge in [-0.1, -0.05) is 61.5 Å². The highest BCUT2D eigenvalue weighted by molar-refractivity contribution is 8.00. The van der Waals surface area contributed by atoms with Crippen LogP contribution in [0.25, 0.3) is 11.1 Å². The summed E-state index contributed by atoms with van der Waals surface area (Å²) < 4.78 is 0. The van der Waals surface area contributed by atoms with Gasteiger partial charge in [0.15, 0.2) is 5.11 Å². The molecule has 0 fully saturated rings. The zero-order chi connectivity index (χ0) is 25.3. The van der Waals surface area contributed by atoms with Crippen LogP contribution in [0.4, 0.5) is 16.4 Å². The number of benzene rings is 3. The molecule has 8 heteroatoms. The van der Waals surface area contributed by atoms with Crippen molar-refractivity contribution in [1.29, 1.82) is 5.26 Å². The number of para-hydroxylation sites is 1. The standard InChI is InChI=1S/C28H24N4OS3/c1-2-25(26(33)32-27-23(17-29)24(18-35-27)19-10-5-3-6-11-19)36-22-15-9-14-21(16-22)31-28(34)30-20-12-7-4-8-13-20/h3-16,18,25H,2H2,1H3,(H,32,33)(H2,30,31,34). The molecule has 0 spiro atoms. The molecule has 36 heavy (non-hydrogen) atoms. The Kier molecular flexibility index (Phi) is 8.74. The maximum absolute atomic E-state index is 13.1. The van der Waals surface area contributed by atoms with Crippen LogP contribution in [0.1, 0.15) is 18.9 Å². The average Bonchev–Trinajstić information content (AvgIpc) is 3.30. The van der Waals surface area contributed by atoms with E-state index in [1.807, 2.05) is 97.2 Å². The van der Waals surface area contributed by atoms with Crippen LogP contribution in [0.2, 0.25) is 0 Å². The van der Waals surface area contributed by atoms with Crippen molar-refractivity contribution >= 4 is 62.7 Å². The van der Waals surface area contributed by atoms with Gasteiger partial charge in [0.05, 0.1) is 10.8 Å². The molecule has 5 nitrogen and oxygen atoms in total. The topological polar surface area (TPSA) is 76.9 Å². The third kappa shape index (κ3) is 6.52. The van der Waals surface area contributed by atoms with Crippen LogP contribution in [-0.4, -0.2) is 16.3 Å². The summed E-state index contributed by atoms with van der Waals surface area (Å²) in [6.45, 7) is 1.98. The summed E-state index contributed by atoms with van der Waals surface area (Å²) in [5.74, 6) is -0.125. The van der Waals surface area contributed by atoms with E-state index in [1.165, 1.54) is 23.1 Å². The van der Waals surface area contributed by atoms with Gasteiger partial charge in [0.1, 0.15) is 11.1 Å². The van der Waals surface area contributed by atoms with Gasteiger partial charge in [-0.2, -0.15) is 5.26 Å². The maximum Gasteiger partial charge on any atom is 0.238 e. The van der Waals surface area contributed by atoms with Crippen LogP contribution in [0, 0.1) is 11.3 Å². The van der Waals surface area contributed by atoms with E-state index >= 15 is 0 Å². The molecule has 3 aromatic carbocycles. The Hall–Kier alpha value is -3.64. The average molecular weight is 529 g/mol. The van der Waals surface area contributed by atoms with E-state index in [2.05, 4.69) is 22.0 Å². The monoisotopic (exact) mass is 528 g/mol. The molecule has 0 radical (unpaired) electrons. The second-order valence-corrected chi connectivity index (χ2v) is 10.4. The molecular weight excluding hydrogens is 505 g/mol. The number of carbonyl (C=O) groups is 1. The van der Waals surface area contributed by atoms with Crippen LogP contribution < -0.4 is 16.0 Å². The lowest BCUT2D eigenvalue weighted by Crippen LogP contribution is -2.24. The molecule has 0 saturated carbocycles. The van der Waals surface area contributed by atoms with Crippen molar-refractivity contribution in [2.75, 3.05) is 16.0 Å². The van der Waals surface area contributed by atoms with E-state index in [4.69, 9.17) is 12.2 Å². The Morgan fingerprint density at radius 3 is 2.33 bits per heavy atom. The molecule has 3 N–H and O–H groups in total. The first-order chi connectivity index (χ1) is 17.6. The van der Waals surface area contributed by atoms with Crippen molar-refractivity contribution in [2.45, 2.75) is 23.5 Å². The largest absolute Gasteiger partial charge is 0.332 e. The smallest absolute Gasteiger partial charge is 0.238 e. The summed E-state index contributed by atoms with van der Waals surface area (Å²) in [6, 6.07) is 29.5. The first kappa shape index (κ1) is 25.5. The molecule has 1 aromatic heterocycles. The molecule has 0 aliphatic heterocycles. The number of nitrogens with zero attached hydrogens (tertiary/aromatic N) is 1. The Morgan fingerprint density at radius 2 is 1.64 bits per heavy atom. The van der Waals surface area contributed by atoms with Gasteiger partial charge in [-0.05, 0) is 54.5 Å². The van der Waals surface area contributed by atoms with Crippen molar-refractivity contribution in [1.82, 2.24) is 0 Å². The number of anilines is 3. The molecule has 4 aromatic rings. The van der Waals surface area contributed by atoms with Gasteiger partial charge in [0.25, 0.3) is 0 Å². The summed E-state index contributed by atoms with van der Waals surface area (Å²) >= 11 is 8.29. The lowest BCUT2D eigenvalue weighted by Gasteiger charge is -2.16. The van der Waals surface area contributed by atoms with Crippen molar-refractivity contribution in [3.8, 4) is 17.2 Å². The summed E-state index contributed by atoms with van der Waals surface area (Å²) in [6.07, 6.45) is 0.640. The minimum Gasteiger partial charge on any atom is -0.332 e. The number of thioether (sulfide) groups is 1. The van der Waals surface area contributed by atoms with Gasteiger partial charge in [-0.25, -0.2) is 0 Å². The summed E-state index contributed by atoms with van der Waals surface area (Å²) in [5, 5.41) is 21.8. The number of thiophene rings is 1. The van der Waals surface area contributed by atoms with E-state index in [0.29, 0.717) is 22.1 Å². The van der Waals surface area contributed by atoms with Gasteiger partial charge in [-0.15, -0.1) is 23.1 Å². The molecule has 0 bridgehead atoms. The van der Waals surface area contributed by atoms with Crippen LogP contribution >= 0.6 is 35.3 Å². The predicted molar refractivity (Wildman–Crippen MR) is 156 cm³/mol. The second kappa shape index (κ2) is 12.4. The highest BCUT2D eigenvalue weighted by Crippen LogP contribution is 2.36. The second-order valence-electron chi connectivity index (χ2n) is 7.81. The highest BCUT2D eigenvalue weighted by atomic mass is 32.2. The number of rotatable bonds is 8. The molecule has 1 heterocycles. The quantitative estimate of drug-likeness (QED) is 0.161. The number of nitrogens with one attached hydrogen (secondary N) is 3. The number of carbonyl (C=O) groups excluding carboxylic acids is 1. The molecule has 4 rings (SSSR count). The molecular formula is C28H24N4OS3.